The Morgan fingerprint density at radius 3 is 2.91 bits per heavy atom. The van der Waals surface area contributed by atoms with Gasteiger partial charge in [0.2, 0.25) is 5.75 Å². The first-order chi connectivity index (χ1) is 15.4. The Morgan fingerprint density at radius 2 is 2.12 bits per heavy atom. The van der Waals surface area contributed by atoms with Gasteiger partial charge in [-0.15, -0.1) is 0 Å². The first-order valence-corrected chi connectivity index (χ1v) is 10.3. The molecule has 0 saturated heterocycles. The summed E-state index contributed by atoms with van der Waals surface area (Å²) in [7, 11) is 1.75. The highest BCUT2D eigenvalue weighted by Crippen LogP contribution is 2.37. The lowest BCUT2D eigenvalue weighted by molar-refractivity contribution is -0.893. The Labute approximate surface area is 183 Å². The first kappa shape index (κ1) is 20.0. The SMILES string of the molecule is CCn1ncc2c1-c1cc(c(N)[n+](O)c1)O[C@H](C)c1cc(F)ccc1-c1nn(C)nc1C2. The van der Waals surface area contributed by atoms with Crippen LogP contribution in [-0.4, -0.2) is 30.0 Å². The van der Waals surface area contributed by atoms with Crippen molar-refractivity contribution < 1.29 is 19.1 Å². The first-order valence-electron chi connectivity index (χ1n) is 10.3. The van der Waals surface area contributed by atoms with Crippen LogP contribution in [0, 0.1) is 5.82 Å². The van der Waals surface area contributed by atoms with Crippen molar-refractivity contribution in [1.29, 1.82) is 0 Å². The normalized spacial score (nSPS) is 15.1. The number of hydrogen-bond acceptors (Lipinski definition) is 6. The summed E-state index contributed by atoms with van der Waals surface area (Å²) in [6.45, 7) is 4.43. The quantitative estimate of drug-likeness (QED) is 0.351. The third-order valence-electron chi connectivity index (χ3n) is 5.69. The van der Waals surface area contributed by atoms with Gasteiger partial charge in [-0.2, -0.15) is 20.1 Å². The van der Waals surface area contributed by atoms with E-state index in [2.05, 4.69) is 15.3 Å². The number of aromatic nitrogens is 6. The molecule has 0 fully saturated rings. The average molecular weight is 436 g/mol. The summed E-state index contributed by atoms with van der Waals surface area (Å²) in [4.78, 5) is 1.51. The van der Waals surface area contributed by atoms with Crippen molar-refractivity contribution in [2.45, 2.75) is 32.9 Å². The Balaban J connectivity index is 1.83. The smallest absolute Gasteiger partial charge is 0.354 e. The van der Waals surface area contributed by atoms with Gasteiger partial charge in [-0.25, -0.2) is 4.39 Å². The molecule has 1 aliphatic heterocycles. The highest BCUT2D eigenvalue weighted by molar-refractivity contribution is 5.70. The molecule has 164 valence electrons. The van der Waals surface area contributed by atoms with E-state index in [1.807, 2.05) is 11.6 Å². The highest BCUT2D eigenvalue weighted by Gasteiger charge is 2.27. The molecular weight excluding hydrogens is 413 g/mol. The lowest BCUT2D eigenvalue weighted by atomic mass is 9.96. The molecule has 9 nitrogen and oxygen atoms in total. The number of aryl methyl sites for hydroxylation is 2. The molecule has 1 aromatic carbocycles. The van der Waals surface area contributed by atoms with Crippen molar-refractivity contribution in [2.75, 3.05) is 5.73 Å². The van der Waals surface area contributed by atoms with Gasteiger partial charge in [-0.05, 0) is 36.8 Å². The molecule has 4 heterocycles. The number of halogens is 1. The molecule has 0 spiro atoms. The van der Waals surface area contributed by atoms with Crippen LogP contribution in [0.5, 0.6) is 5.75 Å². The van der Waals surface area contributed by atoms with Gasteiger partial charge in [-0.3, -0.25) is 10.4 Å². The molecule has 3 N–H and O–H groups in total. The zero-order valence-electron chi connectivity index (χ0n) is 17.9. The molecule has 0 amide bonds. The number of benzene rings is 1. The Morgan fingerprint density at radius 1 is 1.31 bits per heavy atom. The fourth-order valence-electron chi connectivity index (χ4n) is 4.21. The Kier molecular flexibility index (Phi) is 4.58. The summed E-state index contributed by atoms with van der Waals surface area (Å²) < 4.78 is 23.1. The summed E-state index contributed by atoms with van der Waals surface area (Å²) in [5, 5.41) is 24.1. The van der Waals surface area contributed by atoms with Gasteiger partial charge in [-0.1, -0.05) is 0 Å². The van der Waals surface area contributed by atoms with E-state index in [0.29, 0.717) is 29.8 Å². The van der Waals surface area contributed by atoms with Gasteiger partial charge >= 0.3 is 5.82 Å². The third kappa shape index (κ3) is 3.15. The van der Waals surface area contributed by atoms with Gasteiger partial charge in [0, 0.05) is 48.3 Å². The molecule has 3 aromatic heterocycles. The number of nitrogens with two attached hydrogens (primary N) is 1. The molecule has 1 atom stereocenters. The molecule has 32 heavy (non-hydrogen) atoms. The van der Waals surface area contributed by atoms with Crippen LogP contribution in [0.4, 0.5) is 10.2 Å². The number of fused-ring (bicyclic) bond motifs is 7. The van der Waals surface area contributed by atoms with E-state index in [-0.39, 0.29) is 17.4 Å². The van der Waals surface area contributed by atoms with E-state index in [1.165, 1.54) is 23.1 Å². The van der Waals surface area contributed by atoms with Crippen molar-refractivity contribution in [2.24, 2.45) is 7.05 Å². The number of pyridine rings is 1. The maximum atomic E-state index is 14.2. The summed E-state index contributed by atoms with van der Waals surface area (Å²) in [6.07, 6.45) is 3.19. The standard InChI is InChI=1S/C22H22FN7O2/c1-4-29-21-13(10-25-29)7-18-20(27-28(3)26-18)16-6-5-15(23)9-17(16)12(2)32-19-8-14(21)11-30(31)22(19)24/h5-6,8-12,24,31H,4,7H2,1-3H3/p+1/t12-/m1/s1. The van der Waals surface area contributed by atoms with E-state index in [9.17, 15) is 9.60 Å². The summed E-state index contributed by atoms with van der Waals surface area (Å²) in [5.74, 6) is -0.0652. The van der Waals surface area contributed by atoms with Gasteiger partial charge in [0.15, 0.2) is 0 Å². The van der Waals surface area contributed by atoms with Crippen LogP contribution in [0.15, 0.2) is 36.7 Å². The van der Waals surface area contributed by atoms with Crippen molar-refractivity contribution in [1.82, 2.24) is 24.8 Å². The zero-order valence-corrected chi connectivity index (χ0v) is 17.9. The van der Waals surface area contributed by atoms with Gasteiger partial charge in [0.25, 0.3) is 0 Å². The monoisotopic (exact) mass is 436 g/mol. The van der Waals surface area contributed by atoms with Crippen LogP contribution in [0.3, 0.4) is 0 Å². The van der Waals surface area contributed by atoms with Crippen LogP contribution in [0.1, 0.15) is 36.8 Å². The average Bonchev–Trinajstić information content (AvgIpc) is 3.33. The second-order valence-corrected chi connectivity index (χ2v) is 7.81. The number of rotatable bonds is 1. The van der Waals surface area contributed by atoms with Gasteiger partial charge in [0.05, 0.1) is 17.6 Å². The summed E-state index contributed by atoms with van der Waals surface area (Å²) >= 11 is 0. The van der Waals surface area contributed by atoms with Crippen LogP contribution >= 0.6 is 0 Å². The predicted octanol–water partition coefficient (Wildman–Crippen LogP) is 2.66. The Bertz CT molecular complexity index is 1340. The van der Waals surface area contributed by atoms with Crippen LogP contribution in [-0.2, 0) is 20.0 Å². The molecule has 0 unspecified atom stereocenters. The van der Waals surface area contributed by atoms with Crippen molar-refractivity contribution in [3.05, 3.63) is 59.3 Å². The minimum Gasteiger partial charge on any atom is -0.478 e. The van der Waals surface area contributed by atoms with Crippen molar-refractivity contribution >= 4 is 5.82 Å². The number of ether oxygens (including phenoxy) is 1. The fourth-order valence-corrected chi connectivity index (χ4v) is 4.21. The maximum Gasteiger partial charge on any atom is 0.354 e. The number of anilines is 1. The molecule has 10 heteroatoms. The minimum atomic E-state index is -0.580. The highest BCUT2D eigenvalue weighted by atomic mass is 19.1. The fraction of sp³-hybridized carbons (Fsp3) is 0.273. The molecule has 4 aromatic rings. The van der Waals surface area contributed by atoms with E-state index in [1.54, 1.807) is 32.3 Å². The number of nitrogens with zero attached hydrogens (tertiary/aromatic N) is 6. The molecule has 0 saturated carbocycles. The Hall–Kier alpha value is -3.95. The van der Waals surface area contributed by atoms with Crippen LogP contribution < -0.4 is 15.2 Å². The van der Waals surface area contributed by atoms with Gasteiger partial charge in [0.1, 0.15) is 23.8 Å². The topological polar surface area (TPSA) is 108 Å². The molecule has 0 aliphatic carbocycles. The second kappa shape index (κ2) is 7.33. The molecule has 5 rings (SSSR count). The molecule has 1 aliphatic rings. The van der Waals surface area contributed by atoms with E-state index >= 15 is 0 Å². The molecule has 0 radical (unpaired) electrons. The van der Waals surface area contributed by atoms with Crippen LogP contribution in [0.2, 0.25) is 0 Å². The van der Waals surface area contributed by atoms with E-state index in [0.717, 1.165) is 27.2 Å². The number of hydrogen-bond donors (Lipinski definition) is 2. The summed E-state index contributed by atoms with van der Waals surface area (Å²) in [5.41, 5.74) is 11.2. The van der Waals surface area contributed by atoms with Gasteiger partial charge < -0.3 is 9.94 Å². The lowest BCUT2D eigenvalue weighted by Crippen LogP contribution is -2.34. The van der Waals surface area contributed by atoms with E-state index in [4.69, 9.17) is 10.5 Å². The van der Waals surface area contributed by atoms with E-state index < -0.39 is 6.10 Å². The minimum absolute atomic E-state index is 0.0416. The third-order valence-corrected chi connectivity index (χ3v) is 5.69. The molecular formula is C22H23FN7O2+. The second-order valence-electron chi connectivity index (χ2n) is 7.81. The maximum absolute atomic E-state index is 14.2. The zero-order chi connectivity index (χ0) is 22.6. The number of nitrogen functional groups attached to an aromatic ring is 1. The van der Waals surface area contributed by atoms with Crippen molar-refractivity contribution in [3.8, 4) is 28.3 Å². The van der Waals surface area contributed by atoms with Crippen molar-refractivity contribution in [3.63, 3.8) is 0 Å². The predicted molar refractivity (Wildman–Crippen MR) is 113 cm³/mol. The van der Waals surface area contributed by atoms with Crippen LogP contribution in [0.25, 0.3) is 22.5 Å². The summed E-state index contributed by atoms with van der Waals surface area (Å²) in [6, 6.07) is 6.28. The lowest BCUT2D eigenvalue weighted by Gasteiger charge is -2.19. The largest absolute Gasteiger partial charge is 0.478 e. The molecule has 2 bridgehead atoms.